The van der Waals surface area contributed by atoms with Crippen molar-refractivity contribution in [2.45, 2.75) is 6.92 Å². The zero-order chi connectivity index (χ0) is 16.1. The highest BCUT2D eigenvalue weighted by atomic mass is 16.5. The van der Waals surface area contributed by atoms with Crippen LogP contribution in [-0.4, -0.2) is 5.11 Å². The molecule has 0 atom stereocenters. The van der Waals surface area contributed by atoms with Crippen LogP contribution in [0.25, 0.3) is 0 Å². The summed E-state index contributed by atoms with van der Waals surface area (Å²) in [5.41, 5.74) is 2.16. The molecule has 0 saturated heterocycles. The van der Waals surface area contributed by atoms with Gasteiger partial charge in [0.2, 0.25) is 0 Å². The highest BCUT2D eigenvalue weighted by Gasteiger charge is 2.00. The van der Waals surface area contributed by atoms with E-state index in [4.69, 9.17) is 4.74 Å². The molecule has 23 heavy (non-hydrogen) atoms. The molecule has 114 valence electrons. The number of phenols is 1. The van der Waals surface area contributed by atoms with E-state index >= 15 is 0 Å². The Morgan fingerprint density at radius 2 is 1.48 bits per heavy atom. The lowest BCUT2D eigenvalue weighted by Gasteiger charge is -2.05. The summed E-state index contributed by atoms with van der Waals surface area (Å²) in [4.78, 5) is 0. The Morgan fingerprint density at radius 3 is 2.22 bits per heavy atom. The zero-order valence-electron chi connectivity index (χ0n) is 12.7. The average molecular weight is 304 g/mol. The van der Waals surface area contributed by atoms with Gasteiger partial charge in [0.1, 0.15) is 22.9 Å². The lowest BCUT2D eigenvalue weighted by molar-refractivity contribution is 0.476. The molecule has 0 aliphatic carbocycles. The molecule has 4 heteroatoms. The number of ether oxygens (including phenoxy) is 1. The quantitative estimate of drug-likeness (QED) is 0.609. The lowest BCUT2D eigenvalue weighted by atomic mass is 10.2. The Morgan fingerprint density at radius 1 is 0.783 bits per heavy atom. The molecule has 0 spiro atoms. The SMILES string of the molecule is Cc1ccc(O)c(N=Nc2ccc(Oc3ccccc3)cc2)c1. The van der Waals surface area contributed by atoms with Crippen LogP contribution in [0.5, 0.6) is 17.2 Å². The topological polar surface area (TPSA) is 54.2 Å². The first-order valence-electron chi connectivity index (χ1n) is 7.25. The Hall–Kier alpha value is -3.14. The number of azo groups is 1. The molecule has 0 aromatic heterocycles. The van der Waals surface area contributed by atoms with Gasteiger partial charge in [-0.15, -0.1) is 5.11 Å². The number of aromatic hydroxyl groups is 1. The van der Waals surface area contributed by atoms with Crippen LogP contribution in [0.1, 0.15) is 5.56 Å². The van der Waals surface area contributed by atoms with Crippen LogP contribution in [0.4, 0.5) is 11.4 Å². The minimum absolute atomic E-state index is 0.114. The lowest BCUT2D eigenvalue weighted by Crippen LogP contribution is -1.82. The predicted octanol–water partition coefficient (Wildman–Crippen LogP) is 5.91. The van der Waals surface area contributed by atoms with E-state index in [1.807, 2.05) is 67.6 Å². The summed E-state index contributed by atoms with van der Waals surface area (Å²) >= 11 is 0. The summed E-state index contributed by atoms with van der Waals surface area (Å²) in [6.07, 6.45) is 0. The highest BCUT2D eigenvalue weighted by molar-refractivity contribution is 5.52. The van der Waals surface area contributed by atoms with E-state index in [0.717, 1.165) is 17.1 Å². The van der Waals surface area contributed by atoms with E-state index in [1.54, 1.807) is 12.1 Å². The van der Waals surface area contributed by atoms with Crippen molar-refractivity contribution in [1.82, 2.24) is 0 Å². The van der Waals surface area contributed by atoms with Crippen molar-refractivity contribution in [2.75, 3.05) is 0 Å². The number of nitrogens with zero attached hydrogens (tertiary/aromatic N) is 2. The second-order valence-corrected chi connectivity index (χ2v) is 5.10. The maximum Gasteiger partial charge on any atom is 0.143 e. The first-order valence-corrected chi connectivity index (χ1v) is 7.25. The van der Waals surface area contributed by atoms with Gasteiger partial charge in [-0.2, -0.15) is 5.11 Å². The van der Waals surface area contributed by atoms with Gasteiger partial charge in [-0.3, -0.25) is 0 Å². The molecule has 0 unspecified atom stereocenters. The Labute approximate surface area is 134 Å². The van der Waals surface area contributed by atoms with Crippen molar-refractivity contribution < 1.29 is 9.84 Å². The molecule has 0 amide bonds. The van der Waals surface area contributed by atoms with Crippen molar-refractivity contribution in [3.05, 3.63) is 78.4 Å². The largest absolute Gasteiger partial charge is 0.506 e. The van der Waals surface area contributed by atoms with Crippen LogP contribution in [0.15, 0.2) is 83.0 Å². The molecule has 0 radical (unpaired) electrons. The minimum atomic E-state index is 0.114. The van der Waals surface area contributed by atoms with Gasteiger partial charge >= 0.3 is 0 Å². The van der Waals surface area contributed by atoms with Gasteiger partial charge in [0.15, 0.2) is 0 Å². The molecule has 3 rings (SSSR count). The minimum Gasteiger partial charge on any atom is -0.506 e. The van der Waals surface area contributed by atoms with Crippen LogP contribution in [0.2, 0.25) is 0 Å². The number of phenolic OH excluding ortho intramolecular Hbond substituents is 1. The van der Waals surface area contributed by atoms with Crippen molar-refractivity contribution in [1.29, 1.82) is 0 Å². The first-order chi connectivity index (χ1) is 11.2. The van der Waals surface area contributed by atoms with E-state index in [9.17, 15) is 5.11 Å². The van der Waals surface area contributed by atoms with Gasteiger partial charge in [0.25, 0.3) is 0 Å². The van der Waals surface area contributed by atoms with Crippen molar-refractivity contribution in [3.8, 4) is 17.2 Å². The summed E-state index contributed by atoms with van der Waals surface area (Å²) in [5, 5.41) is 18.0. The summed E-state index contributed by atoms with van der Waals surface area (Å²) in [6, 6.07) is 22.1. The molecule has 0 aliphatic rings. The monoisotopic (exact) mass is 304 g/mol. The van der Waals surface area contributed by atoms with Crippen LogP contribution in [-0.2, 0) is 0 Å². The maximum atomic E-state index is 9.75. The highest BCUT2D eigenvalue weighted by Crippen LogP contribution is 2.29. The molecular formula is C19H16N2O2. The van der Waals surface area contributed by atoms with Crippen molar-refractivity contribution >= 4 is 11.4 Å². The number of benzene rings is 3. The van der Waals surface area contributed by atoms with Crippen LogP contribution in [0.3, 0.4) is 0 Å². The summed E-state index contributed by atoms with van der Waals surface area (Å²) < 4.78 is 5.72. The van der Waals surface area contributed by atoms with Gasteiger partial charge in [-0.1, -0.05) is 24.3 Å². The van der Waals surface area contributed by atoms with Gasteiger partial charge in [0, 0.05) is 0 Å². The van der Waals surface area contributed by atoms with Crippen LogP contribution < -0.4 is 4.74 Å². The molecule has 1 N–H and O–H groups in total. The molecule has 3 aromatic rings. The van der Waals surface area contributed by atoms with E-state index in [-0.39, 0.29) is 5.75 Å². The number of hydrogen-bond donors (Lipinski definition) is 1. The molecular weight excluding hydrogens is 288 g/mol. The number of aryl methyl sites for hydroxylation is 1. The number of rotatable bonds is 4. The fourth-order valence-electron chi connectivity index (χ4n) is 2.03. The average Bonchev–Trinajstić information content (AvgIpc) is 2.58. The number of hydrogen-bond acceptors (Lipinski definition) is 4. The summed E-state index contributed by atoms with van der Waals surface area (Å²) in [7, 11) is 0. The van der Waals surface area contributed by atoms with Crippen molar-refractivity contribution in [2.24, 2.45) is 10.2 Å². The third kappa shape index (κ3) is 3.95. The molecule has 4 nitrogen and oxygen atoms in total. The summed E-state index contributed by atoms with van der Waals surface area (Å²) in [5.74, 6) is 1.63. The van der Waals surface area contributed by atoms with E-state index in [1.165, 1.54) is 0 Å². The predicted molar refractivity (Wildman–Crippen MR) is 90.0 cm³/mol. The molecule has 0 heterocycles. The molecule has 0 fully saturated rings. The van der Waals surface area contributed by atoms with Gasteiger partial charge < -0.3 is 9.84 Å². The normalized spacial score (nSPS) is 10.8. The smallest absolute Gasteiger partial charge is 0.143 e. The standard InChI is InChI=1S/C19H16N2O2/c1-14-7-12-19(22)18(13-14)21-20-15-8-10-17(11-9-15)23-16-5-3-2-4-6-16/h2-13,22H,1H3. The van der Waals surface area contributed by atoms with Gasteiger partial charge in [0.05, 0.1) is 5.69 Å². The molecule has 0 aliphatic heterocycles. The second kappa shape index (κ2) is 6.75. The van der Waals surface area contributed by atoms with Crippen molar-refractivity contribution in [3.63, 3.8) is 0 Å². The molecule has 0 bridgehead atoms. The molecule has 0 saturated carbocycles. The van der Waals surface area contributed by atoms with Crippen LogP contribution in [0, 0.1) is 6.92 Å². The maximum absolute atomic E-state index is 9.75. The van der Waals surface area contributed by atoms with E-state index < -0.39 is 0 Å². The summed E-state index contributed by atoms with van der Waals surface area (Å²) in [6.45, 7) is 1.94. The fraction of sp³-hybridized carbons (Fsp3) is 0.0526. The van der Waals surface area contributed by atoms with Crippen LogP contribution >= 0.6 is 0 Å². The fourth-order valence-corrected chi connectivity index (χ4v) is 2.03. The third-order valence-corrected chi connectivity index (χ3v) is 3.22. The molecule has 3 aromatic carbocycles. The third-order valence-electron chi connectivity index (χ3n) is 3.22. The Balaban J connectivity index is 1.72. The zero-order valence-corrected chi connectivity index (χ0v) is 12.7. The number of para-hydroxylation sites is 1. The van der Waals surface area contributed by atoms with Gasteiger partial charge in [-0.05, 0) is 61.0 Å². The van der Waals surface area contributed by atoms with Gasteiger partial charge in [-0.25, -0.2) is 0 Å². The van der Waals surface area contributed by atoms with E-state index in [0.29, 0.717) is 11.4 Å². The second-order valence-electron chi connectivity index (χ2n) is 5.10. The Bertz CT molecular complexity index is 813. The Kier molecular flexibility index (Phi) is 4.34. The van der Waals surface area contributed by atoms with E-state index in [2.05, 4.69) is 10.2 Å². The first kappa shape index (κ1) is 14.8.